The molecule has 0 amide bonds. The van der Waals surface area contributed by atoms with Crippen molar-refractivity contribution in [3.8, 4) is 23.0 Å². The van der Waals surface area contributed by atoms with Gasteiger partial charge in [0.25, 0.3) is 11.4 Å². The standard InChI is InChI=1S/C34H32N2O10/c1-21(17-23-13-15-29(31(19-23)43-3)45-33(37)25-9-5-7-11-27(25)35(39)40)22(2)18-24-14-16-30(32(20-24)44-4)46-34(38)26-10-6-8-12-28(26)36(41)42/h5-16,19-22H,17-18H2,1-4H3/t21-,22+. The first-order valence-electron chi connectivity index (χ1n) is 14.3. The summed E-state index contributed by atoms with van der Waals surface area (Å²) in [5, 5.41) is 22.6. The summed E-state index contributed by atoms with van der Waals surface area (Å²) in [6.07, 6.45) is 1.36. The summed E-state index contributed by atoms with van der Waals surface area (Å²) in [7, 11) is 2.89. The van der Waals surface area contributed by atoms with Gasteiger partial charge in [-0.3, -0.25) is 20.2 Å². The van der Waals surface area contributed by atoms with Crippen molar-refractivity contribution in [2.45, 2.75) is 26.7 Å². The first kappa shape index (κ1) is 33.1. The van der Waals surface area contributed by atoms with E-state index in [9.17, 15) is 29.8 Å². The van der Waals surface area contributed by atoms with Gasteiger partial charge >= 0.3 is 11.9 Å². The second-order valence-electron chi connectivity index (χ2n) is 10.7. The number of benzene rings is 4. The van der Waals surface area contributed by atoms with Crippen LogP contribution in [0.1, 0.15) is 45.7 Å². The van der Waals surface area contributed by atoms with Gasteiger partial charge in [-0.2, -0.15) is 0 Å². The molecule has 0 bridgehead atoms. The van der Waals surface area contributed by atoms with Crippen molar-refractivity contribution in [1.82, 2.24) is 0 Å². The van der Waals surface area contributed by atoms with Crippen molar-refractivity contribution in [3.05, 3.63) is 127 Å². The molecule has 4 aromatic carbocycles. The van der Waals surface area contributed by atoms with Crippen LogP contribution in [0, 0.1) is 32.1 Å². The summed E-state index contributed by atoms with van der Waals surface area (Å²) >= 11 is 0. The molecule has 0 radical (unpaired) electrons. The Labute approximate surface area is 264 Å². The maximum atomic E-state index is 12.7. The van der Waals surface area contributed by atoms with E-state index >= 15 is 0 Å². The number of nitro groups is 2. The molecule has 0 aliphatic carbocycles. The molecule has 0 aliphatic rings. The van der Waals surface area contributed by atoms with Crippen molar-refractivity contribution in [1.29, 1.82) is 0 Å². The van der Waals surface area contributed by atoms with Gasteiger partial charge in [0.1, 0.15) is 11.1 Å². The molecule has 0 saturated heterocycles. The minimum atomic E-state index is -0.863. The topological polar surface area (TPSA) is 157 Å². The highest BCUT2D eigenvalue weighted by atomic mass is 16.6. The smallest absolute Gasteiger partial charge is 0.350 e. The molecule has 4 rings (SSSR count). The first-order chi connectivity index (χ1) is 22.0. The van der Waals surface area contributed by atoms with Crippen LogP contribution >= 0.6 is 0 Å². The molecule has 0 N–H and O–H groups in total. The fraction of sp³-hybridized carbons (Fsp3) is 0.235. The zero-order valence-electron chi connectivity index (χ0n) is 25.6. The van der Waals surface area contributed by atoms with Crippen molar-refractivity contribution >= 4 is 23.3 Å². The summed E-state index contributed by atoms with van der Waals surface area (Å²) in [6.45, 7) is 4.22. The highest BCUT2D eigenvalue weighted by molar-refractivity contribution is 5.96. The molecular formula is C34H32N2O10. The van der Waals surface area contributed by atoms with Crippen LogP contribution in [0.4, 0.5) is 11.4 Å². The van der Waals surface area contributed by atoms with Gasteiger partial charge in [-0.15, -0.1) is 0 Å². The number of rotatable bonds is 13. The number of ether oxygens (including phenoxy) is 4. The van der Waals surface area contributed by atoms with Gasteiger partial charge in [0.15, 0.2) is 23.0 Å². The Morgan fingerprint density at radius 2 is 0.978 bits per heavy atom. The van der Waals surface area contributed by atoms with Crippen LogP contribution < -0.4 is 18.9 Å². The predicted molar refractivity (Wildman–Crippen MR) is 168 cm³/mol. The fourth-order valence-corrected chi connectivity index (χ4v) is 4.91. The van der Waals surface area contributed by atoms with Gasteiger partial charge < -0.3 is 18.9 Å². The SMILES string of the molecule is COc1cc(C[C@@H](C)[C@@H](C)Cc2ccc(OC(=O)c3ccccc3[N+](=O)[O-])c(OC)c2)ccc1OC(=O)c1ccccc1[N+](=O)[O-]. The van der Waals surface area contributed by atoms with Gasteiger partial charge in [0, 0.05) is 12.1 Å². The monoisotopic (exact) mass is 628 g/mol. The quantitative estimate of drug-likeness (QED) is 0.0652. The van der Waals surface area contributed by atoms with Gasteiger partial charge in [-0.05, 0) is 72.2 Å². The second-order valence-corrected chi connectivity index (χ2v) is 10.7. The van der Waals surface area contributed by atoms with Gasteiger partial charge in [0.05, 0.1) is 24.1 Å². The van der Waals surface area contributed by atoms with Crippen LogP contribution in [0.3, 0.4) is 0 Å². The Balaban J connectivity index is 1.41. The molecule has 0 aliphatic heterocycles. The molecule has 0 saturated carbocycles. The van der Waals surface area contributed by atoms with Crippen LogP contribution in [0.25, 0.3) is 0 Å². The number of nitrogens with zero attached hydrogens (tertiary/aromatic N) is 2. The normalized spacial score (nSPS) is 12.0. The van der Waals surface area contributed by atoms with Gasteiger partial charge in [0.2, 0.25) is 0 Å². The van der Waals surface area contributed by atoms with Crippen LogP contribution in [-0.2, 0) is 12.8 Å². The van der Waals surface area contributed by atoms with Crippen LogP contribution in [0.15, 0.2) is 84.9 Å². The Kier molecular flexibility index (Phi) is 10.7. The number of methoxy groups -OCH3 is 2. The largest absolute Gasteiger partial charge is 0.493 e. The number of carbonyl (C=O) groups is 2. The molecule has 2 atom stereocenters. The Hall–Kier alpha value is -5.78. The third kappa shape index (κ3) is 7.83. The number of para-hydroxylation sites is 2. The lowest BCUT2D eigenvalue weighted by molar-refractivity contribution is -0.385. The molecule has 0 fully saturated rings. The third-order valence-corrected chi connectivity index (χ3v) is 7.59. The first-order valence-corrected chi connectivity index (χ1v) is 14.3. The number of hydrogen-bond donors (Lipinski definition) is 0. The molecular weight excluding hydrogens is 596 g/mol. The van der Waals surface area contributed by atoms with E-state index in [1.54, 1.807) is 24.3 Å². The van der Waals surface area contributed by atoms with Crippen molar-refractivity contribution < 1.29 is 38.4 Å². The highest BCUT2D eigenvalue weighted by Gasteiger charge is 2.24. The summed E-state index contributed by atoms with van der Waals surface area (Å²) in [6, 6.07) is 21.5. The average molecular weight is 629 g/mol. The number of nitro benzene ring substituents is 2. The molecule has 0 heterocycles. The average Bonchev–Trinajstić information content (AvgIpc) is 3.05. The molecule has 0 aromatic heterocycles. The van der Waals surface area contributed by atoms with Crippen LogP contribution in [-0.4, -0.2) is 36.0 Å². The number of hydrogen-bond acceptors (Lipinski definition) is 10. The summed E-state index contributed by atoms with van der Waals surface area (Å²) in [4.78, 5) is 46.8. The van der Waals surface area contributed by atoms with Crippen molar-refractivity contribution in [2.24, 2.45) is 11.8 Å². The minimum Gasteiger partial charge on any atom is -0.493 e. The zero-order chi connectivity index (χ0) is 33.4. The Bertz CT molecular complexity index is 1640. The second kappa shape index (κ2) is 14.8. The van der Waals surface area contributed by atoms with Gasteiger partial charge in [-0.1, -0.05) is 50.2 Å². The van der Waals surface area contributed by atoms with E-state index in [-0.39, 0.29) is 45.8 Å². The van der Waals surface area contributed by atoms with Crippen molar-refractivity contribution in [2.75, 3.05) is 14.2 Å². The molecule has 12 nitrogen and oxygen atoms in total. The fourth-order valence-electron chi connectivity index (χ4n) is 4.91. The van der Waals surface area contributed by atoms with E-state index in [2.05, 4.69) is 13.8 Å². The minimum absolute atomic E-state index is 0.143. The van der Waals surface area contributed by atoms with E-state index in [1.165, 1.54) is 62.8 Å². The molecule has 0 unspecified atom stereocenters. The number of carbonyl (C=O) groups excluding carboxylic acids is 2. The summed E-state index contributed by atoms with van der Waals surface area (Å²) < 4.78 is 21.8. The lowest BCUT2D eigenvalue weighted by atomic mass is 9.85. The van der Waals surface area contributed by atoms with Crippen LogP contribution in [0.2, 0.25) is 0 Å². The molecule has 12 heteroatoms. The Morgan fingerprint density at radius 1 is 0.609 bits per heavy atom. The maximum absolute atomic E-state index is 12.7. The molecule has 0 spiro atoms. The summed E-state index contributed by atoms with van der Waals surface area (Å²) in [5.41, 5.74) is 0.858. The zero-order valence-corrected chi connectivity index (χ0v) is 25.6. The maximum Gasteiger partial charge on any atom is 0.350 e. The highest BCUT2D eigenvalue weighted by Crippen LogP contribution is 2.34. The van der Waals surface area contributed by atoms with E-state index in [1.807, 2.05) is 12.1 Å². The van der Waals surface area contributed by atoms with E-state index in [0.717, 1.165) is 11.1 Å². The Morgan fingerprint density at radius 3 is 1.33 bits per heavy atom. The van der Waals surface area contributed by atoms with Crippen molar-refractivity contribution in [3.63, 3.8) is 0 Å². The lowest BCUT2D eigenvalue weighted by Gasteiger charge is -2.21. The van der Waals surface area contributed by atoms with E-state index in [0.29, 0.717) is 24.3 Å². The van der Waals surface area contributed by atoms with E-state index in [4.69, 9.17) is 18.9 Å². The number of esters is 2. The molecule has 46 heavy (non-hydrogen) atoms. The lowest BCUT2D eigenvalue weighted by Crippen LogP contribution is -2.15. The van der Waals surface area contributed by atoms with E-state index < -0.39 is 21.8 Å². The van der Waals surface area contributed by atoms with Gasteiger partial charge in [-0.25, -0.2) is 9.59 Å². The molecule has 4 aromatic rings. The third-order valence-electron chi connectivity index (χ3n) is 7.59. The molecule has 238 valence electrons. The van der Waals surface area contributed by atoms with Crippen LogP contribution in [0.5, 0.6) is 23.0 Å². The predicted octanol–water partition coefficient (Wildman–Crippen LogP) is 7.02. The summed E-state index contributed by atoms with van der Waals surface area (Å²) in [5.74, 6) is -0.398.